The highest BCUT2D eigenvalue weighted by atomic mass is 35.5. The van der Waals surface area contributed by atoms with Crippen LogP contribution in [-0.2, 0) is 22.4 Å². The van der Waals surface area contributed by atoms with Crippen LogP contribution in [0, 0.1) is 11.7 Å². The molecule has 270 valence electrons. The molecule has 2 atom stereocenters. The van der Waals surface area contributed by atoms with Gasteiger partial charge < -0.3 is 18.9 Å². The minimum Gasteiger partial charge on any atom is -0.490 e. The van der Waals surface area contributed by atoms with E-state index in [1.807, 2.05) is 0 Å². The maximum Gasteiger partial charge on any atom is 0.415 e. The summed E-state index contributed by atoms with van der Waals surface area (Å²) < 4.78 is 63.4. The highest BCUT2D eigenvalue weighted by Crippen LogP contribution is 2.37. The third-order valence-corrected chi connectivity index (χ3v) is 10.5. The fourth-order valence-electron chi connectivity index (χ4n) is 6.30. The van der Waals surface area contributed by atoms with Crippen molar-refractivity contribution in [2.75, 3.05) is 31.1 Å². The van der Waals surface area contributed by atoms with Gasteiger partial charge in [0.05, 0.1) is 28.9 Å². The molecule has 0 aliphatic carbocycles. The quantitative estimate of drug-likeness (QED) is 0.125. The number of anilines is 1. The largest absolute Gasteiger partial charge is 0.490 e. The van der Waals surface area contributed by atoms with Gasteiger partial charge in [0.2, 0.25) is 0 Å². The van der Waals surface area contributed by atoms with Crippen LogP contribution >= 0.6 is 34.5 Å². The summed E-state index contributed by atoms with van der Waals surface area (Å²) in [5.41, 5.74) is 0.901. The number of hydrogen-bond acceptors (Lipinski definition) is 9. The number of piperidine rings is 3. The van der Waals surface area contributed by atoms with E-state index < -0.39 is 30.6 Å². The number of esters is 1. The zero-order valence-corrected chi connectivity index (χ0v) is 29.7. The number of aromatic nitrogens is 1. The summed E-state index contributed by atoms with van der Waals surface area (Å²) in [6, 6.07) is 13.4. The fourth-order valence-corrected chi connectivity index (χ4v) is 7.70. The molecule has 51 heavy (non-hydrogen) atoms. The number of pyridine rings is 1. The monoisotopic (exact) mass is 763 g/mol. The van der Waals surface area contributed by atoms with Crippen molar-refractivity contribution in [2.24, 2.45) is 5.92 Å². The second kappa shape index (κ2) is 16.5. The Kier molecular flexibility index (Phi) is 11.9. The number of thiophene rings is 1. The smallest absolute Gasteiger partial charge is 0.415 e. The molecular formula is C36H34Cl2F3N3O6S. The van der Waals surface area contributed by atoms with E-state index in [9.17, 15) is 18.4 Å². The van der Waals surface area contributed by atoms with Crippen LogP contribution in [0.4, 0.5) is 23.7 Å². The number of para-hydroxylation sites is 1. The van der Waals surface area contributed by atoms with Crippen LogP contribution in [0.1, 0.15) is 51.5 Å². The van der Waals surface area contributed by atoms with Crippen molar-refractivity contribution in [3.8, 4) is 11.5 Å². The Morgan fingerprint density at radius 2 is 1.78 bits per heavy atom. The maximum atomic E-state index is 15.1. The molecule has 0 saturated carbocycles. The molecule has 2 bridgehead atoms. The number of amides is 1. The number of nitrogens with zero attached hydrogens (tertiary/aromatic N) is 3. The summed E-state index contributed by atoms with van der Waals surface area (Å²) in [6.07, 6.45) is 2.73. The van der Waals surface area contributed by atoms with Gasteiger partial charge in [-0.05, 0) is 86.3 Å². The first-order chi connectivity index (χ1) is 24.6. The van der Waals surface area contributed by atoms with Crippen molar-refractivity contribution < 1.29 is 41.7 Å². The summed E-state index contributed by atoms with van der Waals surface area (Å²) in [7, 11) is 0. The molecule has 3 aliphatic rings. The standard InChI is InChI=1S/C36H34Cl2F3N3O6S/c1-2-47-31-15-22(7-9-29(31)49-35(40)41)30(16-24-25(37)17-42-18-26(24)38)48-34(45)33-10-8-23(51-33)19-44(28-6-4-3-5-27(28)39)36(46)50-32-20-43-13-11-21(32)12-14-43/h3-10,15,17-18,21,30,32,35H,2,11-14,16,19-20H2,1H3/t30-,32-/m0/s1. The van der Waals surface area contributed by atoms with E-state index in [1.165, 1.54) is 53.7 Å². The predicted octanol–water partition coefficient (Wildman–Crippen LogP) is 8.97. The van der Waals surface area contributed by atoms with Gasteiger partial charge in [0.1, 0.15) is 22.9 Å². The maximum absolute atomic E-state index is 15.1. The van der Waals surface area contributed by atoms with Crippen molar-refractivity contribution in [3.05, 3.63) is 104 Å². The number of ether oxygens (including phenoxy) is 4. The predicted molar refractivity (Wildman–Crippen MR) is 187 cm³/mol. The lowest BCUT2D eigenvalue weighted by Crippen LogP contribution is -2.53. The molecule has 7 rings (SSSR count). The summed E-state index contributed by atoms with van der Waals surface area (Å²) in [5.74, 6) is -1.20. The Labute approximate surface area is 306 Å². The van der Waals surface area contributed by atoms with Crippen LogP contribution in [0.2, 0.25) is 10.0 Å². The Balaban J connectivity index is 1.24. The van der Waals surface area contributed by atoms with Crippen LogP contribution in [0.15, 0.2) is 67.0 Å². The van der Waals surface area contributed by atoms with Crippen LogP contribution < -0.4 is 14.4 Å². The van der Waals surface area contributed by atoms with E-state index in [0.717, 1.165) is 37.3 Å². The first-order valence-corrected chi connectivity index (χ1v) is 17.9. The Morgan fingerprint density at radius 3 is 2.45 bits per heavy atom. The number of carbonyl (C=O) groups is 2. The third kappa shape index (κ3) is 8.89. The van der Waals surface area contributed by atoms with E-state index in [-0.39, 0.29) is 63.7 Å². The number of carbonyl (C=O) groups excluding carboxylic acids is 2. The normalized spacial score (nSPS) is 18.7. The molecule has 15 heteroatoms. The van der Waals surface area contributed by atoms with Gasteiger partial charge in [-0.25, -0.2) is 14.0 Å². The molecule has 5 heterocycles. The third-order valence-electron chi connectivity index (χ3n) is 8.84. The van der Waals surface area contributed by atoms with Crippen LogP contribution in [0.3, 0.4) is 0 Å². The average Bonchev–Trinajstić information content (AvgIpc) is 3.59. The summed E-state index contributed by atoms with van der Waals surface area (Å²) >= 11 is 13.9. The van der Waals surface area contributed by atoms with E-state index in [1.54, 1.807) is 25.1 Å². The first kappa shape index (κ1) is 36.7. The first-order valence-electron chi connectivity index (χ1n) is 16.3. The number of alkyl halides is 2. The number of fused-ring (bicyclic) bond motifs is 3. The van der Waals surface area contributed by atoms with Crippen LogP contribution in [0.25, 0.3) is 0 Å². The average molecular weight is 765 g/mol. The summed E-state index contributed by atoms with van der Waals surface area (Å²) in [5, 5.41) is 0.478. The Morgan fingerprint density at radius 1 is 1.04 bits per heavy atom. The lowest BCUT2D eigenvalue weighted by atomic mass is 9.86. The molecule has 0 N–H and O–H groups in total. The molecule has 0 unspecified atom stereocenters. The van der Waals surface area contributed by atoms with Crippen LogP contribution in [0.5, 0.6) is 11.5 Å². The molecule has 9 nitrogen and oxygen atoms in total. The van der Waals surface area contributed by atoms with E-state index in [2.05, 4.69) is 14.6 Å². The minimum absolute atomic E-state index is 0.0112. The number of benzene rings is 2. The Hall–Kier alpha value is -4.04. The molecule has 3 aliphatic heterocycles. The highest BCUT2D eigenvalue weighted by Gasteiger charge is 2.38. The van der Waals surface area contributed by atoms with E-state index in [4.69, 9.17) is 37.4 Å². The van der Waals surface area contributed by atoms with Gasteiger partial charge in [-0.2, -0.15) is 8.78 Å². The zero-order valence-electron chi connectivity index (χ0n) is 27.4. The molecule has 4 aromatic rings. The lowest BCUT2D eigenvalue weighted by Gasteiger charge is -2.44. The molecule has 3 saturated heterocycles. The number of hydrogen-bond donors (Lipinski definition) is 0. The second-order valence-electron chi connectivity index (χ2n) is 12.1. The summed E-state index contributed by atoms with van der Waals surface area (Å²) in [6.45, 7) is 1.29. The van der Waals surface area contributed by atoms with Gasteiger partial charge in [0.15, 0.2) is 11.5 Å². The zero-order chi connectivity index (χ0) is 36.1. The van der Waals surface area contributed by atoms with Gasteiger partial charge in [0, 0.05) is 30.2 Å². The molecule has 2 aromatic heterocycles. The van der Waals surface area contributed by atoms with Crippen molar-refractivity contribution in [1.29, 1.82) is 0 Å². The SMILES string of the molecule is CCOc1cc([C@H](Cc2c(Cl)cncc2Cl)OC(=O)c2ccc(CN(C(=O)O[C@H]3CN4CCC3CC4)c3ccccc3F)s2)ccc1OC(F)F. The molecule has 1 amide bonds. The molecular weight excluding hydrogens is 730 g/mol. The van der Waals surface area contributed by atoms with Crippen molar-refractivity contribution >= 4 is 52.3 Å². The number of halogens is 5. The number of rotatable bonds is 13. The van der Waals surface area contributed by atoms with Gasteiger partial charge in [-0.3, -0.25) is 14.8 Å². The van der Waals surface area contributed by atoms with Crippen molar-refractivity contribution in [3.63, 3.8) is 0 Å². The molecule has 0 spiro atoms. The van der Waals surface area contributed by atoms with Gasteiger partial charge in [-0.1, -0.05) is 41.4 Å². The topological polar surface area (TPSA) is 90.4 Å². The highest BCUT2D eigenvalue weighted by molar-refractivity contribution is 7.14. The van der Waals surface area contributed by atoms with Crippen molar-refractivity contribution in [1.82, 2.24) is 9.88 Å². The molecule has 0 radical (unpaired) electrons. The van der Waals surface area contributed by atoms with Gasteiger partial charge >= 0.3 is 18.7 Å². The molecule has 2 aromatic carbocycles. The second-order valence-corrected chi connectivity index (χ2v) is 14.0. The van der Waals surface area contributed by atoms with Gasteiger partial charge in [-0.15, -0.1) is 11.3 Å². The minimum atomic E-state index is -3.08. The lowest BCUT2D eigenvalue weighted by molar-refractivity contribution is -0.0514. The van der Waals surface area contributed by atoms with Crippen LogP contribution in [-0.4, -0.2) is 60.9 Å². The van der Waals surface area contributed by atoms with Gasteiger partial charge in [0.25, 0.3) is 0 Å². The van der Waals surface area contributed by atoms with E-state index in [0.29, 0.717) is 22.5 Å². The van der Waals surface area contributed by atoms with Crippen molar-refractivity contribution in [2.45, 2.75) is 51.6 Å². The van der Waals surface area contributed by atoms with E-state index >= 15 is 4.39 Å². The molecule has 3 fully saturated rings. The fraction of sp³-hybridized carbons (Fsp3) is 0.361. The summed E-state index contributed by atoms with van der Waals surface area (Å²) in [4.78, 5) is 35.6. The Bertz CT molecular complexity index is 1840.